The van der Waals surface area contributed by atoms with E-state index in [1.54, 1.807) is 18.4 Å². The topological polar surface area (TPSA) is 70.7 Å². The lowest BCUT2D eigenvalue weighted by Crippen LogP contribution is -2.14. The largest absolute Gasteiger partial charge is 0.302 e. The Balaban J connectivity index is 1.60. The number of hydrogen-bond donors (Lipinski definition) is 2. The van der Waals surface area contributed by atoms with E-state index in [4.69, 9.17) is 0 Å². The van der Waals surface area contributed by atoms with Crippen molar-refractivity contribution in [2.24, 2.45) is 5.92 Å². The van der Waals surface area contributed by atoms with Gasteiger partial charge in [-0.25, -0.2) is 18.2 Å². The zero-order valence-electron chi connectivity index (χ0n) is 14.9. The molecular formula is C19H13F3N4OS2. The predicted octanol–water partition coefficient (Wildman–Crippen LogP) is 5.14. The Labute approximate surface area is 170 Å². The average Bonchev–Trinajstić information content (AvgIpc) is 3.09. The van der Waals surface area contributed by atoms with Gasteiger partial charge in [0.05, 0.1) is 27.2 Å². The summed E-state index contributed by atoms with van der Waals surface area (Å²) < 4.78 is 42.7. The number of nitrogens with one attached hydrogen (secondary N) is 2. The molecule has 0 spiro atoms. The van der Waals surface area contributed by atoms with E-state index in [1.807, 2.05) is 6.07 Å². The highest BCUT2D eigenvalue weighted by Gasteiger charge is 2.43. The number of thioether (sulfide) groups is 1. The lowest BCUT2D eigenvalue weighted by molar-refractivity contribution is -0.117. The molecule has 29 heavy (non-hydrogen) atoms. The molecule has 1 amide bonds. The molecule has 0 unspecified atom stereocenters. The first kappa shape index (κ1) is 18.4. The predicted molar refractivity (Wildman–Crippen MR) is 108 cm³/mol. The van der Waals surface area contributed by atoms with Gasteiger partial charge in [-0.2, -0.15) is 5.10 Å². The van der Waals surface area contributed by atoms with Crippen LogP contribution in [0.1, 0.15) is 6.42 Å². The third-order valence-corrected chi connectivity index (χ3v) is 6.63. The van der Waals surface area contributed by atoms with Crippen LogP contribution in [0.25, 0.3) is 32.2 Å². The Morgan fingerprint density at radius 1 is 1.34 bits per heavy atom. The maximum Gasteiger partial charge on any atom is 0.232 e. The number of benzene rings is 2. The Kier molecular flexibility index (Phi) is 4.28. The molecule has 5 rings (SSSR count). The minimum Gasteiger partial charge on any atom is -0.302 e. The Hall–Kier alpha value is -2.59. The van der Waals surface area contributed by atoms with Gasteiger partial charge in [-0.15, -0.1) is 11.8 Å². The van der Waals surface area contributed by atoms with Gasteiger partial charge in [0, 0.05) is 10.9 Å². The van der Waals surface area contributed by atoms with Crippen molar-refractivity contribution in [3.05, 3.63) is 36.0 Å². The summed E-state index contributed by atoms with van der Waals surface area (Å²) >= 11 is 2.36. The van der Waals surface area contributed by atoms with Crippen LogP contribution in [0.15, 0.2) is 29.3 Å². The smallest absolute Gasteiger partial charge is 0.232 e. The summed E-state index contributed by atoms with van der Waals surface area (Å²) in [7, 11) is 0. The summed E-state index contributed by atoms with van der Waals surface area (Å²) in [4.78, 5) is 16.5. The van der Waals surface area contributed by atoms with Crippen LogP contribution in [-0.4, -0.2) is 33.5 Å². The van der Waals surface area contributed by atoms with Crippen LogP contribution in [0.3, 0.4) is 0 Å². The first-order valence-electron chi connectivity index (χ1n) is 8.72. The monoisotopic (exact) mass is 434 g/mol. The second-order valence-electron chi connectivity index (χ2n) is 6.74. The van der Waals surface area contributed by atoms with Gasteiger partial charge < -0.3 is 5.32 Å². The molecule has 1 fully saturated rings. The summed E-state index contributed by atoms with van der Waals surface area (Å²) in [5.74, 6) is -2.85. The number of H-pyrrole nitrogens is 1. The maximum atomic E-state index is 14.6. The molecule has 148 valence electrons. The number of anilines is 1. The van der Waals surface area contributed by atoms with Gasteiger partial charge in [0.2, 0.25) is 5.91 Å². The van der Waals surface area contributed by atoms with Crippen molar-refractivity contribution in [3.8, 4) is 11.1 Å². The molecule has 2 aromatic carbocycles. The summed E-state index contributed by atoms with van der Waals surface area (Å²) in [5, 5.41) is 9.88. The lowest BCUT2D eigenvalue weighted by atomic mass is 10.0. The van der Waals surface area contributed by atoms with E-state index in [9.17, 15) is 18.0 Å². The summed E-state index contributed by atoms with van der Waals surface area (Å²) in [6.07, 6.45) is 2.32. The first-order chi connectivity index (χ1) is 14.0. The van der Waals surface area contributed by atoms with Crippen LogP contribution in [-0.2, 0) is 4.79 Å². The van der Waals surface area contributed by atoms with Gasteiger partial charge in [-0.1, -0.05) is 17.4 Å². The van der Waals surface area contributed by atoms with Crippen molar-refractivity contribution in [3.63, 3.8) is 0 Å². The Morgan fingerprint density at radius 3 is 2.86 bits per heavy atom. The van der Waals surface area contributed by atoms with Gasteiger partial charge in [-0.3, -0.25) is 9.89 Å². The highest BCUT2D eigenvalue weighted by molar-refractivity contribution is 7.98. The molecule has 0 aliphatic heterocycles. The fourth-order valence-electron chi connectivity index (χ4n) is 3.33. The van der Waals surface area contributed by atoms with Gasteiger partial charge in [0.1, 0.15) is 11.7 Å². The van der Waals surface area contributed by atoms with Crippen molar-refractivity contribution in [1.82, 2.24) is 15.2 Å². The van der Waals surface area contributed by atoms with E-state index in [0.717, 1.165) is 16.5 Å². The van der Waals surface area contributed by atoms with Crippen LogP contribution < -0.4 is 5.32 Å². The number of carbonyl (C=O) groups is 1. The van der Waals surface area contributed by atoms with Crippen molar-refractivity contribution in [2.45, 2.75) is 17.5 Å². The maximum absolute atomic E-state index is 14.6. The third kappa shape index (κ3) is 2.98. The number of thiazole rings is 1. The highest BCUT2D eigenvalue weighted by atomic mass is 32.2. The molecule has 2 N–H and O–H groups in total. The van der Waals surface area contributed by atoms with Crippen molar-refractivity contribution < 1.29 is 18.0 Å². The van der Waals surface area contributed by atoms with Gasteiger partial charge in [-0.05, 0) is 30.4 Å². The second-order valence-corrected chi connectivity index (χ2v) is 8.59. The van der Waals surface area contributed by atoms with Crippen molar-refractivity contribution in [2.75, 3.05) is 11.6 Å². The SMILES string of the molecule is CSc1c(F)c(F)c2[nH]ncc2c1-c1ccc2nc(NC(=O)[C@@H]3C[C@@H]3F)sc2c1. The number of amides is 1. The number of alkyl halides is 1. The van der Waals surface area contributed by atoms with E-state index < -0.39 is 23.7 Å². The summed E-state index contributed by atoms with van der Waals surface area (Å²) in [5.41, 5.74) is 1.88. The van der Waals surface area contributed by atoms with E-state index >= 15 is 0 Å². The Bertz CT molecular complexity index is 1290. The summed E-state index contributed by atoms with van der Waals surface area (Å²) in [6.45, 7) is 0. The van der Waals surface area contributed by atoms with Crippen LogP contribution in [0.4, 0.5) is 18.3 Å². The molecule has 1 aliphatic carbocycles. The van der Waals surface area contributed by atoms with Crippen LogP contribution in [0.5, 0.6) is 0 Å². The summed E-state index contributed by atoms with van der Waals surface area (Å²) in [6, 6.07) is 5.34. The number of fused-ring (bicyclic) bond motifs is 2. The quantitative estimate of drug-likeness (QED) is 0.437. The molecule has 10 heteroatoms. The van der Waals surface area contributed by atoms with Gasteiger partial charge >= 0.3 is 0 Å². The minimum absolute atomic E-state index is 0.0119. The number of aromatic amines is 1. The van der Waals surface area contributed by atoms with Crippen LogP contribution in [0.2, 0.25) is 0 Å². The number of rotatable bonds is 4. The van der Waals surface area contributed by atoms with Gasteiger partial charge in [0.25, 0.3) is 0 Å². The molecule has 2 aromatic heterocycles. The van der Waals surface area contributed by atoms with Gasteiger partial charge in [0.15, 0.2) is 16.8 Å². The molecule has 0 radical (unpaired) electrons. The molecule has 1 saturated carbocycles. The number of aromatic nitrogens is 3. The highest BCUT2D eigenvalue weighted by Crippen LogP contribution is 2.42. The molecule has 0 bridgehead atoms. The molecule has 0 saturated heterocycles. The fraction of sp³-hybridized carbons (Fsp3) is 0.211. The third-order valence-electron chi connectivity index (χ3n) is 4.91. The van der Waals surface area contributed by atoms with Crippen LogP contribution >= 0.6 is 23.1 Å². The number of halogens is 3. The minimum atomic E-state index is -1.08. The van der Waals surface area contributed by atoms with E-state index in [2.05, 4.69) is 20.5 Å². The molecule has 5 nitrogen and oxygen atoms in total. The molecular weight excluding hydrogens is 421 g/mol. The molecule has 1 aliphatic rings. The normalized spacial score (nSPS) is 18.5. The zero-order valence-corrected chi connectivity index (χ0v) is 16.6. The number of hydrogen-bond acceptors (Lipinski definition) is 5. The molecule has 2 atom stereocenters. The van der Waals surface area contributed by atoms with E-state index in [-0.39, 0.29) is 22.7 Å². The average molecular weight is 434 g/mol. The fourth-order valence-corrected chi connectivity index (χ4v) is 4.94. The molecule has 4 aromatic rings. The Morgan fingerprint density at radius 2 is 2.14 bits per heavy atom. The lowest BCUT2D eigenvalue weighted by Gasteiger charge is -2.11. The van der Waals surface area contributed by atoms with Crippen molar-refractivity contribution >= 4 is 55.3 Å². The van der Waals surface area contributed by atoms with E-state index in [1.165, 1.54) is 17.5 Å². The second kappa shape index (κ2) is 6.74. The van der Waals surface area contributed by atoms with Crippen molar-refractivity contribution in [1.29, 1.82) is 0 Å². The molecule has 2 heterocycles. The van der Waals surface area contributed by atoms with E-state index in [0.29, 0.717) is 27.2 Å². The number of nitrogens with zero attached hydrogens (tertiary/aromatic N) is 2. The zero-order chi connectivity index (χ0) is 20.3. The van der Waals surface area contributed by atoms with Crippen LogP contribution in [0, 0.1) is 17.6 Å². The first-order valence-corrected chi connectivity index (χ1v) is 10.8. The standard InChI is InChI=1S/C19H13F3N4OS2/c1-28-17-13(9-6-23-26-16(9)14(21)15(17)22)7-2-3-11-12(4-7)29-19(24-11)25-18(27)8-5-10(8)20/h2-4,6,8,10H,5H2,1H3,(H,23,26)(H,24,25,27)/t8-,10+/m1/s1. The number of carbonyl (C=O) groups excluding carboxylic acids is 1.